The Morgan fingerprint density at radius 1 is 1.15 bits per heavy atom. The molecule has 0 amide bonds. The van der Waals surface area contributed by atoms with Crippen molar-refractivity contribution in [2.24, 2.45) is 0 Å². The number of benzene rings is 2. The van der Waals surface area contributed by atoms with Gasteiger partial charge in [0.15, 0.2) is 0 Å². The fraction of sp³-hybridized carbons (Fsp3) is 0.261. The molecule has 0 saturated carbocycles. The van der Waals surface area contributed by atoms with Crippen LogP contribution in [0.15, 0.2) is 60.1 Å². The largest absolute Gasteiger partial charge is 0.481 e. The molecular formula is C23H23NO2S. The van der Waals surface area contributed by atoms with E-state index in [4.69, 9.17) is 9.47 Å². The highest BCUT2D eigenvalue weighted by Crippen LogP contribution is 2.38. The molecule has 0 spiro atoms. The predicted molar refractivity (Wildman–Crippen MR) is 110 cm³/mol. The quantitative estimate of drug-likeness (QED) is 0.555. The number of methoxy groups -OCH3 is 1. The summed E-state index contributed by atoms with van der Waals surface area (Å²) >= 11 is 1.60. The van der Waals surface area contributed by atoms with Gasteiger partial charge in [0.2, 0.25) is 0 Å². The van der Waals surface area contributed by atoms with Crippen molar-refractivity contribution in [2.45, 2.75) is 25.9 Å². The molecule has 0 bridgehead atoms. The molecule has 0 radical (unpaired) electrons. The first-order valence-corrected chi connectivity index (χ1v) is 9.80. The number of ether oxygens (including phenoxy) is 2. The lowest BCUT2D eigenvalue weighted by Gasteiger charge is -2.30. The summed E-state index contributed by atoms with van der Waals surface area (Å²) in [5.41, 5.74) is 2.68. The third-order valence-electron chi connectivity index (χ3n) is 4.49. The van der Waals surface area contributed by atoms with Crippen LogP contribution in [0.1, 0.15) is 35.0 Å². The summed E-state index contributed by atoms with van der Waals surface area (Å²) in [5, 5.41) is 2.92. The van der Waals surface area contributed by atoms with Crippen molar-refractivity contribution in [3.63, 3.8) is 0 Å². The van der Waals surface area contributed by atoms with E-state index in [0.29, 0.717) is 6.61 Å². The lowest BCUT2D eigenvalue weighted by atomic mass is 9.91. The molecule has 138 valence electrons. The van der Waals surface area contributed by atoms with E-state index >= 15 is 0 Å². The highest BCUT2D eigenvalue weighted by atomic mass is 32.1. The summed E-state index contributed by atoms with van der Waals surface area (Å²) in [6, 6.07) is 16.1. The van der Waals surface area contributed by atoms with Gasteiger partial charge >= 0.3 is 0 Å². The Bertz CT molecular complexity index is 934. The van der Waals surface area contributed by atoms with E-state index in [1.165, 1.54) is 5.56 Å². The van der Waals surface area contributed by atoms with Gasteiger partial charge in [0.25, 0.3) is 0 Å². The summed E-state index contributed by atoms with van der Waals surface area (Å²) in [7, 11) is 1.73. The molecule has 0 saturated heterocycles. The molecular weight excluding hydrogens is 354 g/mol. The second kappa shape index (κ2) is 8.85. The summed E-state index contributed by atoms with van der Waals surface area (Å²) in [5.74, 6) is 6.99. The first kappa shape index (κ1) is 19.2. The van der Waals surface area contributed by atoms with Gasteiger partial charge in [-0.2, -0.15) is 0 Å². The third-order valence-corrected chi connectivity index (χ3v) is 5.40. The van der Waals surface area contributed by atoms with Gasteiger partial charge in [-0.1, -0.05) is 43.0 Å². The molecule has 0 N–H and O–H groups in total. The summed E-state index contributed by atoms with van der Waals surface area (Å²) in [4.78, 5) is 4.48. The van der Waals surface area contributed by atoms with Crippen molar-refractivity contribution < 1.29 is 9.47 Å². The maximum absolute atomic E-state index is 5.93. The third kappa shape index (κ3) is 4.39. The maximum atomic E-state index is 5.93. The monoisotopic (exact) mass is 377 g/mol. The van der Waals surface area contributed by atoms with Crippen molar-refractivity contribution in [1.29, 1.82) is 0 Å². The lowest BCUT2D eigenvalue weighted by Crippen LogP contribution is -2.29. The first-order valence-electron chi connectivity index (χ1n) is 8.92. The molecule has 1 unspecified atom stereocenters. The van der Waals surface area contributed by atoms with E-state index in [2.05, 4.69) is 48.9 Å². The van der Waals surface area contributed by atoms with Crippen molar-refractivity contribution in [1.82, 2.24) is 4.98 Å². The fourth-order valence-electron chi connectivity index (χ4n) is 3.07. The van der Waals surface area contributed by atoms with Gasteiger partial charge in [-0.15, -0.1) is 11.3 Å². The van der Waals surface area contributed by atoms with Crippen molar-refractivity contribution >= 4 is 11.3 Å². The van der Waals surface area contributed by atoms with Gasteiger partial charge in [-0.25, -0.2) is 4.98 Å². The van der Waals surface area contributed by atoms with Crippen LogP contribution in [0.2, 0.25) is 0 Å². The number of aryl methyl sites for hydroxylation is 1. The standard InChI is InChI=1S/C23H23NO2S/c1-4-23(25-3,22-24-13-15-27-22)20-11-6-12-21(17-20)26-14-7-10-19-9-5-8-18(2)16-19/h5-6,8-9,11-13,15-17H,4,14H2,1-3H3. The minimum Gasteiger partial charge on any atom is -0.481 e. The molecule has 27 heavy (non-hydrogen) atoms. The molecule has 1 heterocycles. The van der Waals surface area contributed by atoms with E-state index in [0.717, 1.165) is 28.3 Å². The molecule has 1 atom stereocenters. The summed E-state index contributed by atoms with van der Waals surface area (Å²) in [6.45, 7) is 4.50. The number of hydrogen-bond donors (Lipinski definition) is 0. The Kier molecular flexibility index (Phi) is 6.28. The van der Waals surface area contributed by atoms with Crippen LogP contribution in [0.4, 0.5) is 0 Å². The number of aromatic nitrogens is 1. The second-order valence-corrected chi connectivity index (χ2v) is 7.10. The fourth-order valence-corrected chi connectivity index (χ4v) is 3.98. The zero-order chi connectivity index (χ0) is 19.1. The van der Waals surface area contributed by atoms with Crippen LogP contribution in [0.25, 0.3) is 0 Å². The molecule has 3 rings (SSSR count). The Labute approximate surface area is 165 Å². The lowest BCUT2D eigenvalue weighted by molar-refractivity contribution is 0.0182. The van der Waals surface area contributed by atoms with Crippen LogP contribution in [0, 0.1) is 18.8 Å². The minimum atomic E-state index is -0.555. The zero-order valence-corrected chi connectivity index (χ0v) is 16.7. The Hall–Kier alpha value is -2.61. The van der Waals surface area contributed by atoms with Gasteiger partial charge in [0.05, 0.1) is 0 Å². The predicted octanol–water partition coefficient (Wildman–Crippen LogP) is 5.18. The van der Waals surface area contributed by atoms with Crippen LogP contribution in [-0.2, 0) is 10.3 Å². The van der Waals surface area contributed by atoms with Crippen LogP contribution in [0.3, 0.4) is 0 Å². The molecule has 4 heteroatoms. The smallest absolute Gasteiger partial charge is 0.149 e. The van der Waals surface area contributed by atoms with E-state index in [-0.39, 0.29) is 0 Å². The van der Waals surface area contributed by atoms with Crippen LogP contribution in [-0.4, -0.2) is 18.7 Å². The van der Waals surface area contributed by atoms with E-state index in [1.54, 1.807) is 18.4 Å². The van der Waals surface area contributed by atoms with E-state index in [9.17, 15) is 0 Å². The van der Waals surface area contributed by atoms with Gasteiger partial charge in [0.1, 0.15) is 23.0 Å². The number of thiazole rings is 1. The highest BCUT2D eigenvalue weighted by molar-refractivity contribution is 7.09. The molecule has 0 aliphatic rings. The number of nitrogens with zero attached hydrogens (tertiary/aromatic N) is 1. The Balaban J connectivity index is 1.76. The molecule has 0 fully saturated rings. The van der Waals surface area contributed by atoms with E-state index < -0.39 is 5.60 Å². The van der Waals surface area contributed by atoms with Crippen LogP contribution >= 0.6 is 11.3 Å². The van der Waals surface area contributed by atoms with Crippen LogP contribution in [0.5, 0.6) is 5.75 Å². The molecule has 1 aromatic heterocycles. The zero-order valence-electron chi connectivity index (χ0n) is 15.9. The topological polar surface area (TPSA) is 31.4 Å². The number of rotatable bonds is 6. The van der Waals surface area contributed by atoms with Crippen molar-refractivity contribution in [3.8, 4) is 17.6 Å². The molecule has 3 nitrogen and oxygen atoms in total. The van der Waals surface area contributed by atoms with Gasteiger partial charge in [-0.3, -0.25) is 0 Å². The average Bonchev–Trinajstić information content (AvgIpc) is 3.23. The van der Waals surface area contributed by atoms with Crippen LogP contribution < -0.4 is 4.74 Å². The molecule has 0 aliphatic carbocycles. The van der Waals surface area contributed by atoms with Crippen molar-refractivity contribution in [3.05, 3.63) is 81.8 Å². The van der Waals surface area contributed by atoms with Gasteiger partial charge < -0.3 is 9.47 Å². The van der Waals surface area contributed by atoms with Crippen molar-refractivity contribution in [2.75, 3.05) is 13.7 Å². The molecule has 3 aromatic rings. The van der Waals surface area contributed by atoms with E-state index in [1.807, 2.05) is 41.9 Å². The SMILES string of the molecule is CCC(OC)(c1cccc(OCC#Cc2cccc(C)c2)c1)c1nccs1. The summed E-state index contributed by atoms with van der Waals surface area (Å²) < 4.78 is 11.8. The Morgan fingerprint density at radius 3 is 2.70 bits per heavy atom. The molecule has 2 aromatic carbocycles. The van der Waals surface area contributed by atoms with Gasteiger partial charge in [0, 0.05) is 24.3 Å². The van der Waals surface area contributed by atoms with Gasteiger partial charge in [-0.05, 0) is 48.7 Å². The minimum absolute atomic E-state index is 0.334. The average molecular weight is 378 g/mol. The second-order valence-electron chi connectivity index (χ2n) is 6.21. The Morgan fingerprint density at radius 2 is 2.00 bits per heavy atom. The first-order chi connectivity index (χ1) is 13.2. The normalized spacial score (nSPS) is 12.7. The summed E-state index contributed by atoms with van der Waals surface area (Å²) in [6.07, 6.45) is 2.60. The highest BCUT2D eigenvalue weighted by Gasteiger charge is 2.35. The number of hydrogen-bond acceptors (Lipinski definition) is 4. The maximum Gasteiger partial charge on any atom is 0.149 e. The molecule has 0 aliphatic heterocycles.